The molecule has 3 rings (SSSR count). The zero-order chi connectivity index (χ0) is 18.7. The largest absolute Gasteiger partial charge is 0.495 e. The lowest BCUT2D eigenvalue weighted by Gasteiger charge is -2.37. The second-order valence-corrected chi connectivity index (χ2v) is 9.13. The van der Waals surface area contributed by atoms with Gasteiger partial charge in [0.25, 0.3) is 0 Å². The van der Waals surface area contributed by atoms with Crippen molar-refractivity contribution in [1.82, 2.24) is 4.90 Å². The fraction of sp³-hybridized carbons (Fsp3) is 0.389. The van der Waals surface area contributed by atoms with Crippen molar-refractivity contribution in [3.8, 4) is 5.75 Å². The maximum Gasteiger partial charge on any atom is 0.239 e. The molecule has 0 spiro atoms. The zero-order valence-electron chi connectivity index (χ0n) is 14.5. The molecule has 26 heavy (non-hydrogen) atoms. The molecule has 1 aromatic carbocycles. The van der Waals surface area contributed by atoms with E-state index in [0.717, 1.165) is 33.2 Å². The molecule has 1 atom stereocenters. The number of benzene rings is 1. The molecule has 1 saturated heterocycles. The molecule has 2 N–H and O–H groups in total. The van der Waals surface area contributed by atoms with Crippen LogP contribution in [0.4, 0.5) is 5.69 Å². The number of rotatable bonds is 5. The molecule has 2 heterocycles. The average molecular weight is 459 g/mol. The highest BCUT2D eigenvalue weighted by Gasteiger charge is 2.26. The molecular weight excluding hydrogens is 438 g/mol. The van der Waals surface area contributed by atoms with Crippen LogP contribution in [-0.2, 0) is 11.2 Å². The molecule has 0 bridgehead atoms. The van der Waals surface area contributed by atoms with Gasteiger partial charge in [-0.1, -0.05) is 11.6 Å². The molecule has 1 unspecified atom stereocenters. The molecule has 0 saturated carbocycles. The van der Waals surface area contributed by atoms with Crippen LogP contribution >= 0.6 is 38.9 Å². The smallest absolute Gasteiger partial charge is 0.239 e. The summed E-state index contributed by atoms with van der Waals surface area (Å²) in [5, 5.41) is 0.670. The van der Waals surface area contributed by atoms with Gasteiger partial charge >= 0.3 is 0 Å². The first-order valence-electron chi connectivity index (χ1n) is 8.35. The summed E-state index contributed by atoms with van der Waals surface area (Å²) in [6.07, 6.45) is 0.567. The third-order valence-corrected chi connectivity index (χ3v) is 6.32. The fourth-order valence-corrected chi connectivity index (χ4v) is 4.79. The van der Waals surface area contributed by atoms with Gasteiger partial charge in [0.05, 0.1) is 22.6 Å². The molecule has 5 nitrogen and oxygen atoms in total. The molecule has 1 aliphatic heterocycles. The Balaban J connectivity index is 1.59. The van der Waals surface area contributed by atoms with Gasteiger partial charge in [-0.25, -0.2) is 0 Å². The highest BCUT2D eigenvalue weighted by molar-refractivity contribution is 9.11. The number of carbonyl (C=O) groups is 1. The van der Waals surface area contributed by atoms with E-state index in [1.54, 1.807) is 18.4 Å². The van der Waals surface area contributed by atoms with Gasteiger partial charge in [-0.05, 0) is 46.3 Å². The Bertz CT molecular complexity index is 778. The summed E-state index contributed by atoms with van der Waals surface area (Å²) in [4.78, 5) is 17.8. The zero-order valence-corrected chi connectivity index (χ0v) is 17.6. The number of hydrogen-bond donors (Lipinski definition) is 1. The van der Waals surface area contributed by atoms with Gasteiger partial charge < -0.3 is 20.3 Å². The van der Waals surface area contributed by atoms with E-state index in [2.05, 4.69) is 20.8 Å². The Hall–Kier alpha value is -1.28. The molecule has 0 radical (unpaired) electrons. The number of amides is 1. The molecular formula is C18H21BrClN3O2S. The first-order valence-corrected chi connectivity index (χ1v) is 10.3. The van der Waals surface area contributed by atoms with E-state index in [9.17, 15) is 4.79 Å². The monoisotopic (exact) mass is 457 g/mol. The SMILES string of the molecule is COc1ccc(Cl)cc1N1CCN(C(=O)C(N)Cc2ccc(Br)s2)CC1. The van der Waals surface area contributed by atoms with Crippen LogP contribution in [-0.4, -0.2) is 50.1 Å². The lowest BCUT2D eigenvalue weighted by molar-refractivity contribution is -0.132. The molecule has 8 heteroatoms. The number of anilines is 1. The van der Waals surface area contributed by atoms with E-state index >= 15 is 0 Å². The first-order chi connectivity index (χ1) is 12.5. The van der Waals surface area contributed by atoms with Gasteiger partial charge in [0.15, 0.2) is 0 Å². The normalized spacial score (nSPS) is 15.8. The summed E-state index contributed by atoms with van der Waals surface area (Å²) in [6.45, 7) is 2.71. The van der Waals surface area contributed by atoms with E-state index in [1.165, 1.54) is 0 Å². The van der Waals surface area contributed by atoms with E-state index < -0.39 is 6.04 Å². The first kappa shape index (κ1) is 19.5. The maximum absolute atomic E-state index is 12.7. The minimum atomic E-state index is -0.507. The van der Waals surface area contributed by atoms with Crippen LogP contribution < -0.4 is 15.4 Å². The van der Waals surface area contributed by atoms with Gasteiger partial charge in [0, 0.05) is 42.5 Å². The number of ether oxygens (including phenoxy) is 1. The molecule has 1 amide bonds. The third-order valence-electron chi connectivity index (χ3n) is 4.44. The summed E-state index contributed by atoms with van der Waals surface area (Å²) in [5.41, 5.74) is 7.11. The average Bonchev–Trinajstić information content (AvgIpc) is 3.06. The number of methoxy groups -OCH3 is 1. The number of thiophene rings is 1. The van der Waals surface area contributed by atoms with Crippen molar-refractivity contribution in [3.05, 3.63) is 44.0 Å². The van der Waals surface area contributed by atoms with Crippen molar-refractivity contribution in [2.24, 2.45) is 5.73 Å². The highest BCUT2D eigenvalue weighted by atomic mass is 79.9. The molecule has 140 valence electrons. The van der Waals surface area contributed by atoms with Crippen molar-refractivity contribution in [2.75, 3.05) is 38.2 Å². The minimum absolute atomic E-state index is 0.00670. The predicted octanol–water partition coefficient (Wildman–Crippen LogP) is 3.39. The van der Waals surface area contributed by atoms with E-state index in [0.29, 0.717) is 24.5 Å². The number of piperazine rings is 1. The van der Waals surface area contributed by atoms with E-state index in [-0.39, 0.29) is 5.91 Å². The topological polar surface area (TPSA) is 58.8 Å². The second-order valence-electron chi connectivity index (χ2n) is 6.14. The summed E-state index contributed by atoms with van der Waals surface area (Å²) < 4.78 is 6.48. The summed E-state index contributed by atoms with van der Waals surface area (Å²) in [6, 6.07) is 9.06. The maximum atomic E-state index is 12.7. The van der Waals surface area contributed by atoms with Crippen LogP contribution in [0.5, 0.6) is 5.75 Å². The van der Waals surface area contributed by atoms with Crippen molar-refractivity contribution in [1.29, 1.82) is 0 Å². The van der Waals surface area contributed by atoms with Crippen LogP contribution in [0.1, 0.15) is 4.88 Å². The molecule has 1 aromatic heterocycles. The van der Waals surface area contributed by atoms with Crippen molar-refractivity contribution < 1.29 is 9.53 Å². The van der Waals surface area contributed by atoms with Gasteiger partial charge in [-0.3, -0.25) is 4.79 Å². The van der Waals surface area contributed by atoms with E-state index in [4.69, 9.17) is 22.1 Å². The van der Waals surface area contributed by atoms with Crippen LogP contribution in [0.3, 0.4) is 0 Å². The Labute approximate surface area is 170 Å². The van der Waals surface area contributed by atoms with Gasteiger partial charge in [-0.15, -0.1) is 11.3 Å². The van der Waals surface area contributed by atoms with Gasteiger partial charge in [0.2, 0.25) is 5.91 Å². The summed E-state index contributed by atoms with van der Waals surface area (Å²) in [5.74, 6) is 0.793. The van der Waals surface area contributed by atoms with Crippen LogP contribution in [0, 0.1) is 0 Å². The number of nitrogens with zero attached hydrogens (tertiary/aromatic N) is 2. The summed E-state index contributed by atoms with van der Waals surface area (Å²) >= 11 is 11.2. The number of hydrogen-bond acceptors (Lipinski definition) is 5. The molecule has 2 aromatic rings. The second kappa shape index (κ2) is 8.61. The Morgan fingerprint density at radius 2 is 2.04 bits per heavy atom. The fourth-order valence-electron chi connectivity index (χ4n) is 3.08. The Kier molecular flexibility index (Phi) is 6.45. The van der Waals surface area contributed by atoms with Crippen LogP contribution in [0.25, 0.3) is 0 Å². The minimum Gasteiger partial charge on any atom is -0.495 e. The van der Waals surface area contributed by atoms with E-state index in [1.807, 2.05) is 35.2 Å². The number of nitrogens with two attached hydrogens (primary N) is 1. The lowest BCUT2D eigenvalue weighted by atomic mass is 10.1. The molecule has 1 fully saturated rings. The molecule has 0 aliphatic carbocycles. The summed E-state index contributed by atoms with van der Waals surface area (Å²) in [7, 11) is 1.65. The van der Waals surface area contributed by atoms with Gasteiger partial charge in [0.1, 0.15) is 5.75 Å². The standard InChI is InChI=1S/C18H21BrClN3O2S/c1-25-16-4-2-12(20)10-15(16)22-6-8-23(9-7-22)18(24)14(21)11-13-3-5-17(19)26-13/h2-5,10,14H,6-9,11,21H2,1H3. The quantitative estimate of drug-likeness (QED) is 0.746. The van der Waals surface area contributed by atoms with Crippen molar-refractivity contribution in [2.45, 2.75) is 12.5 Å². The predicted molar refractivity (Wildman–Crippen MR) is 110 cm³/mol. The Morgan fingerprint density at radius 1 is 1.31 bits per heavy atom. The molecule has 1 aliphatic rings. The van der Waals surface area contributed by atoms with Gasteiger partial charge in [-0.2, -0.15) is 0 Å². The van der Waals surface area contributed by atoms with Crippen molar-refractivity contribution >= 4 is 50.5 Å². The lowest BCUT2D eigenvalue weighted by Crippen LogP contribution is -2.53. The van der Waals surface area contributed by atoms with Crippen molar-refractivity contribution in [3.63, 3.8) is 0 Å². The Morgan fingerprint density at radius 3 is 2.65 bits per heavy atom. The van der Waals surface area contributed by atoms with Crippen LogP contribution in [0.2, 0.25) is 5.02 Å². The number of carbonyl (C=O) groups excluding carboxylic acids is 1. The number of halogens is 2. The highest BCUT2D eigenvalue weighted by Crippen LogP contribution is 2.32. The third kappa shape index (κ3) is 4.52. The van der Waals surface area contributed by atoms with Crippen LogP contribution in [0.15, 0.2) is 34.1 Å².